The van der Waals surface area contributed by atoms with Crippen LogP contribution in [0.1, 0.15) is 12.0 Å². The van der Waals surface area contributed by atoms with Crippen LogP contribution in [0, 0.1) is 11.8 Å². The third-order valence-electron chi connectivity index (χ3n) is 4.50. The summed E-state index contributed by atoms with van der Waals surface area (Å²) in [6, 6.07) is 13.3. The fourth-order valence-corrected chi connectivity index (χ4v) is 3.23. The van der Waals surface area contributed by atoms with Crippen molar-refractivity contribution < 1.29 is 29.1 Å². The third-order valence-corrected chi connectivity index (χ3v) is 4.50. The summed E-state index contributed by atoms with van der Waals surface area (Å²) in [6.07, 6.45) is 0.436. The average molecular weight is 338 g/mol. The third kappa shape index (κ3) is 2.87. The van der Waals surface area contributed by atoms with Crippen molar-refractivity contribution >= 4 is 39.9 Å². The minimum absolute atomic E-state index is 0.0703. The van der Waals surface area contributed by atoms with Gasteiger partial charge >= 0.3 is 5.97 Å². The topological polar surface area (TPSA) is 106 Å². The van der Waals surface area contributed by atoms with Gasteiger partial charge in [-0.2, -0.15) is 0 Å². The summed E-state index contributed by atoms with van der Waals surface area (Å²) in [5, 5.41) is 10.7. The van der Waals surface area contributed by atoms with Gasteiger partial charge in [0.1, 0.15) is 0 Å². The zero-order chi connectivity index (χ0) is 18.1. The lowest BCUT2D eigenvalue weighted by Gasteiger charge is -2.09. The van der Waals surface area contributed by atoms with E-state index in [-0.39, 0.29) is 6.42 Å². The highest BCUT2D eigenvalue weighted by atomic mass is 16.4. The summed E-state index contributed by atoms with van der Waals surface area (Å²) in [5.41, 5.74) is 0.916. The summed E-state index contributed by atoms with van der Waals surface area (Å²) < 4.78 is 0. The Balaban J connectivity index is 1.82. The molecule has 25 heavy (non-hydrogen) atoms. The minimum atomic E-state index is -1.98. The molecule has 0 saturated heterocycles. The molecule has 1 aliphatic carbocycles. The van der Waals surface area contributed by atoms with Crippen molar-refractivity contribution in [1.29, 1.82) is 0 Å². The zero-order valence-electron chi connectivity index (χ0n) is 13.1. The molecule has 0 aliphatic heterocycles. The molecule has 0 bridgehead atoms. The molecule has 0 radical (unpaired) electrons. The van der Waals surface area contributed by atoms with E-state index in [0.29, 0.717) is 6.42 Å². The molecule has 2 aromatic carbocycles. The molecule has 0 amide bonds. The number of hydrogen-bond acceptors (Lipinski definition) is 5. The van der Waals surface area contributed by atoms with Crippen LogP contribution in [0.2, 0.25) is 0 Å². The number of aliphatic carboxylic acids is 1. The summed E-state index contributed by atoms with van der Waals surface area (Å²) in [4.78, 5) is 58.4. The van der Waals surface area contributed by atoms with Crippen LogP contribution in [-0.2, 0) is 30.4 Å². The van der Waals surface area contributed by atoms with Gasteiger partial charge in [0.05, 0.1) is 5.92 Å². The fourth-order valence-electron chi connectivity index (χ4n) is 3.23. The molecule has 1 fully saturated rings. The largest absolute Gasteiger partial charge is 0.475 e. The number of carboxylic acid groups (broad SMARTS) is 1. The van der Waals surface area contributed by atoms with E-state index in [0.717, 1.165) is 16.3 Å². The van der Waals surface area contributed by atoms with Gasteiger partial charge in [0.25, 0.3) is 5.78 Å². The second-order valence-corrected chi connectivity index (χ2v) is 5.96. The number of carbonyl (C=O) groups excluding carboxylic acids is 4. The molecule has 3 rings (SSSR count). The Labute approximate surface area is 142 Å². The van der Waals surface area contributed by atoms with E-state index in [2.05, 4.69) is 0 Å². The Morgan fingerprint density at radius 2 is 1.60 bits per heavy atom. The molecular weight excluding hydrogens is 324 g/mol. The van der Waals surface area contributed by atoms with Gasteiger partial charge in [0, 0.05) is 0 Å². The molecule has 126 valence electrons. The molecule has 1 aliphatic rings. The van der Waals surface area contributed by atoms with E-state index >= 15 is 0 Å². The first-order chi connectivity index (χ1) is 11.9. The number of fused-ring (bicyclic) bond motifs is 1. The van der Waals surface area contributed by atoms with Crippen molar-refractivity contribution in [2.24, 2.45) is 11.8 Å². The number of benzene rings is 2. The van der Waals surface area contributed by atoms with Crippen molar-refractivity contribution in [2.75, 3.05) is 0 Å². The van der Waals surface area contributed by atoms with Crippen LogP contribution in [-0.4, -0.2) is 34.2 Å². The van der Waals surface area contributed by atoms with Gasteiger partial charge in [-0.1, -0.05) is 42.5 Å². The van der Waals surface area contributed by atoms with E-state index in [9.17, 15) is 24.0 Å². The first kappa shape index (κ1) is 16.7. The van der Waals surface area contributed by atoms with E-state index < -0.39 is 40.9 Å². The van der Waals surface area contributed by atoms with Crippen molar-refractivity contribution in [2.45, 2.75) is 12.8 Å². The molecule has 0 aromatic heterocycles. The van der Waals surface area contributed by atoms with Crippen molar-refractivity contribution in [3.63, 3.8) is 0 Å². The van der Waals surface area contributed by atoms with E-state index in [4.69, 9.17) is 5.11 Å². The molecule has 2 atom stereocenters. The predicted octanol–water partition coefficient (Wildman–Crippen LogP) is 1.38. The maximum absolute atomic E-state index is 12.2. The SMILES string of the molecule is O=C(O)C(=O)[C@H]1C(=O)C(=O)[C@H](CCc2cccc3ccccc23)C1=O. The highest BCUT2D eigenvalue weighted by molar-refractivity contribution is 6.60. The number of Topliss-reactive ketones (excluding diaryl/α,β-unsaturated/α-hetero) is 4. The van der Waals surface area contributed by atoms with Crippen LogP contribution >= 0.6 is 0 Å². The minimum Gasteiger partial charge on any atom is -0.475 e. The maximum Gasteiger partial charge on any atom is 0.373 e. The number of carboxylic acids is 1. The van der Waals surface area contributed by atoms with Crippen LogP contribution in [0.5, 0.6) is 0 Å². The highest BCUT2D eigenvalue weighted by Crippen LogP contribution is 2.28. The molecule has 0 unspecified atom stereocenters. The lowest BCUT2D eigenvalue weighted by molar-refractivity contribution is -0.154. The quantitative estimate of drug-likeness (QED) is 0.652. The summed E-state index contributed by atoms with van der Waals surface area (Å²) in [7, 11) is 0. The molecule has 1 saturated carbocycles. The monoisotopic (exact) mass is 338 g/mol. The first-order valence-electron chi connectivity index (χ1n) is 7.77. The summed E-state index contributed by atoms with van der Waals surface area (Å²) in [6.45, 7) is 0. The normalized spacial score (nSPS) is 20.2. The number of hydrogen-bond donors (Lipinski definition) is 1. The maximum atomic E-state index is 12.2. The van der Waals surface area contributed by atoms with E-state index in [1.54, 1.807) is 0 Å². The standard InChI is InChI=1S/C19H14O6/c20-15-13(16(21)17(22)14(15)18(23)19(24)25)9-8-11-6-3-5-10-4-1-2-7-12(10)11/h1-7,13-14H,8-9H2,(H,24,25)/t13-,14-/m1/s1. The van der Waals surface area contributed by atoms with Crippen molar-refractivity contribution in [1.82, 2.24) is 0 Å². The molecule has 0 heterocycles. The van der Waals surface area contributed by atoms with Gasteiger partial charge in [-0.05, 0) is 29.2 Å². The number of ketones is 4. The first-order valence-corrected chi connectivity index (χ1v) is 7.77. The summed E-state index contributed by atoms with van der Waals surface area (Å²) >= 11 is 0. The Hall–Kier alpha value is -3.15. The second kappa shape index (κ2) is 6.39. The van der Waals surface area contributed by atoms with Crippen LogP contribution in [0.4, 0.5) is 0 Å². The molecule has 6 nitrogen and oxygen atoms in total. The molecule has 2 aromatic rings. The predicted molar refractivity (Wildman–Crippen MR) is 86.9 cm³/mol. The molecule has 1 N–H and O–H groups in total. The second-order valence-electron chi connectivity index (χ2n) is 5.96. The number of carbonyl (C=O) groups is 5. The lowest BCUT2D eigenvalue weighted by Crippen LogP contribution is -2.32. The van der Waals surface area contributed by atoms with Crippen molar-refractivity contribution in [3.8, 4) is 0 Å². The Bertz CT molecular complexity index is 921. The average Bonchev–Trinajstić information content (AvgIpc) is 2.81. The van der Waals surface area contributed by atoms with Gasteiger partial charge in [0.15, 0.2) is 11.7 Å². The van der Waals surface area contributed by atoms with Crippen LogP contribution < -0.4 is 0 Å². The van der Waals surface area contributed by atoms with Crippen molar-refractivity contribution in [3.05, 3.63) is 48.0 Å². The van der Waals surface area contributed by atoms with E-state index in [1.807, 2.05) is 42.5 Å². The van der Waals surface area contributed by atoms with E-state index in [1.165, 1.54) is 0 Å². The van der Waals surface area contributed by atoms with Crippen LogP contribution in [0.3, 0.4) is 0 Å². The van der Waals surface area contributed by atoms with Gasteiger partial charge < -0.3 is 5.11 Å². The molecule has 0 spiro atoms. The Morgan fingerprint density at radius 3 is 2.32 bits per heavy atom. The summed E-state index contributed by atoms with van der Waals surface area (Å²) in [5.74, 6) is -9.72. The molecular formula is C19H14O6. The smallest absolute Gasteiger partial charge is 0.373 e. The van der Waals surface area contributed by atoms with Gasteiger partial charge in [-0.15, -0.1) is 0 Å². The van der Waals surface area contributed by atoms with Gasteiger partial charge in [-0.3, -0.25) is 19.2 Å². The highest BCUT2D eigenvalue weighted by Gasteiger charge is 2.53. The van der Waals surface area contributed by atoms with Gasteiger partial charge in [0.2, 0.25) is 11.6 Å². The molecule has 6 heteroatoms. The Kier molecular flexibility index (Phi) is 4.27. The Morgan fingerprint density at radius 1 is 0.920 bits per heavy atom. The fraction of sp³-hybridized carbons (Fsp3) is 0.211. The zero-order valence-corrected chi connectivity index (χ0v) is 13.1. The van der Waals surface area contributed by atoms with Gasteiger partial charge in [-0.25, -0.2) is 4.79 Å². The number of rotatable bonds is 5. The lowest BCUT2D eigenvalue weighted by atomic mass is 9.92. The van der Waals surface area contributed by atoms with Crippen LogP contribution in [0.25, 0.3) is 10.8 Å². The number of aryl methyl sites for hydroxylation is 1. The van der Waals surface area contributed by atoms with Crippen LogP contribution in [0.15, 0.2) is 42.5 Å².